The Bertz CT molecular complexity index is 1350. The van der Waals surface area contributed by atoms with Crippen molar-refractivity contribution in [2.24, 2.45) is 0 Å². The molecule has 0 aliphatic rings. The fourth-order valence-corrected chi connectivity index (χ4v) is 3.53. The molecule has 0 saturated carbocycles. The molecule has 4 rings (SSSR count). The number of rotatable bonds is 9. The quantitative estimate of drug-likeness (QED) is 0.278. The second-order valence-electron chi connectivity index (χ2n) is 8.37. The second kappa shape index (κ2) is 11.8. The van der Waals surface area contributed by atoms with Crippen LogP contribution in [0.15, 0.2) is 97.1 Å². The van der Waals surface area contributed by atoms with E-state index in [0.717, 1.165) is 11.3 Å². The largest absolute Gasteiger partial charge is 0.495 e. The van der Waals surface area contributed by atoms with Crippen LogP contribution in [-0.4, -0.2) is 25.0 Å². The van der Waals surface area contributed by atoms with Crippen molar-refractivity contribution in [3.8, 4) is 23.0 Å². The molecule has 2 amide bonds. The number of carbonyl (C=O) groups is 2. The van der Waals surface area contributed by atoms with E-state index in [1.165, 1.54) is 0 Å². The SMILES string of the molecule is COc1ccc(C)cc1NC(=O)c1ccc(OC(C)C(=O)Nc2ccc(Oc3ccccc3)cc2)cc1. The number of benzene rings is 4. The highest BCUT2D eigenvalue weighted by atomic mass is 16.5. The van der Waals surface area contributed by atoms with Gasteiger partial charge in [0.2, 0.25) is 0 Å². The van der Waals surface area contributed by atoms with Crippen molar-refractivity contribution in [2.75, 3.05) is 17.7 Å². The summed E-state index contributed by atoms with van der Waals surface area (Å²) in [5.74, 6) is 1.88. The zero-order valence-corrected chi connectivity index (χ0v) is 20.9. The van der Waals surface area contributed by atoms with E-state index in [-0.39, 0.29) is 11.8 Å². The van der Waals surface area contributed by atoms with E-state index in [4.69, 9.17) is 14.2 Å². The first-order valence-electron chi connectivity index (χ1n) is 11.8. The van der Waals surface area contributed by atoms with E-state index in [2.05, 4.69) is 10.6 Å². The first-order chi connectivity index (χ1) is 17.9. The predicted octanol–water partition coefficient (Wildman–Crippen LogP) is 6.45. The van der Waals surface area contributed by atoms with E-state index < -0.39 is 6.10 Å². The Morgan fingerprint density at radius 1 is 0.757 bits per heavy atom. The third-order valence-electron chi connectivity index (χ3n) is 5.50. The lowest BCUT2D eigenvalue weighted by Gasteiger charge is -2.15. The standard InChI is InChI=1S/C30H28N2O5/c1-20-9-18-28(35-3)27(19-20)32-30(34)22-10-14-25(15-11-22)36-21(2)29(33)31-23-12-16-26(17-13-23)37-24-7-5-4-6-8-24/h4-19,21H,1-3H3,(H,31,33)(H,32,34). The molecule has 0 fully saturated rings. The van der Waals surface area contributed by atoms with E-state index >= 15 is 0 Å². The molecule has 0 bridgehead atoms. The summed E-state index contributed by atoms with van der Waals surface area (Å²) >= 11 is 0. The van der Waals surface area contributed by atoms with Crippen molar-refractivity contribution < 1.29 is 23.8 Å². The summed E-state index contributed by atoms with van der Waals surface area (Å²) in [6.07, 6.45) is -0.753. The molecule has 0 saturated heterocycles. The third kappa shape index (κ3) is 6.89. The summed E-state index contributed by atoms with van der Waals surface area (Å²) in [4.78, 5) is 25.3. The first kappa shape index (κ1) is 25.3. The minimum atomic E-state index is -0.753. The van der Waals surface area contributed by atoms with Gasteiger partial charge in [-0.3, -0.25) is 9.59 Å². The normalized spacial score (nSPS) is 11.2. The lowest BCUT2D eigenvalue weighted by Crippen LogP contribution is -2.30. The Balaban J connectivity index is 1.30. The average Bonchev–Trinajstić information content (AvgIpc) is 2.91. The van der Waals surface area contributed by atoms with Crippen LogP contribution in [0.4, 0.5) is 11.4 Å². The molecule has 0 heterocycles. The zero-order valence-electron chi connectivity index (χ0n) is 20.9. The molecule has 0 aliphatic heterocycles. The van der Waals surface area contributed by atoms with Gasteiger partial charge in [-0.25, -0.2) is 0 Å². The van der Waals surface area contributed by atoms with Crippen LogP contribution in [0.2, 0.25) is 0 Å². The number of anilines is 2. The van der Waals surface area contributed by atoms with Gasteiger partial charge < -0.3 is 24.8 Å². The summed E-state index contributed by atoms with van der Waals surface area (Å²) in [5, 5.41) is 5.69. The number of carbonyl (C=O) groups excluding carboxylic acids is 2. The van der Waals surface area contributed by atoms with Crippen LogP contribution in [0.5, 0.6) is 23.0 Å². The maximum Gasteiger partial charge on any atom is 0.265 e. The molecule has 0 aliphatic carbocycles. The van der Waals surface area contributed by atoms with Gasteiger partial charge in [-0.1, -0.05) is 24.3 Å². The zero-order chi connectivity index (χ0) is 26.2. The van der Waals surface area contributed by atoms with Gasteiger partial charge in [0.1, 0.15) is 23.0 Å². The summed E-state index contributed by atoms with van der Waals surface area (Å²) in [6.45, 7) is 3.60. The highest BCUT2D eigenvalue weighted by Crippen LogP contribution is 2.26. The molecule has 37 heavy (non-hydrogen) atoms. The molecule has 2 N–H and O–H groups in total. The van der Waals surface area contributed by atoms with Crippen LogP contribution >= 0.6 is 0 Å². The van der Waals surface area contributed by atoms with Crippen molar-refractivity contribution >= 4 is 23.2 Å². The molecular formula is C30H28N2O5. The lowest BCUT2D eigenvalue weighted by atomic mass is 10.1. The average molecular weight is 497 g/mol. The van der Waals surface area contributed by atoms with Gasteiger partial charge in [-0.05, 0) is 92.2 Å². The van der Waals surface area contributed by atoms with Crippen molar-refractivity contribution in [1.82, 2.24) is 0 Å². The van der Waals surface area contributed by atoms with Crippen LogP contribution in [0.25, 0.3) is 0 Å². The first-order valence-corrected chi connectivity index (χ1v) is 11.8. The summed E-state index contributed by atoms with van der Waals surface area (Å²) in [6, 6.07) is 28.7. The molecular weight excluding hydrogens is 468 g/mol. The van der Waals surface area contributed by atoms with Gasteiger partial charge in [0, 0.05) is 11.3 Å². The molecule has 1 atom stereocenters. The van der Waals surface area contributed by atoms with Crippen LogP contribution in [-0.2, 0) is 4.79 Å². The van der Waals surface area contributed by atoms with E-state index in [1.807, 2.05) is 49.4 Å². The maximum absolute atomic E-state index is 12.7. The number of aryl methyl sites for hydroxylation is 1. The van der Waals surface area contributed by atoms with Gasteiger partial charge in [-0.2, -0.15) is 0 Å². The molecule has 4 aromatic rings. The number of ether oxygens (including phenoxy) is 3. The maximum atomic E-state index is 12.7. The van der Waals surface area contributed by atoms with Crippen LogP contribution in [0, 0.1) is 6.92 Å². The number of amides is 2. The van der Waals surface area contributed by atoms with Crippen LogP contribution < -0.4 is 24.8 Å². The summed E-state index contributed by atoms with van der Waals surface area (Å²) < 4.78 is 16.9. The van der Waals surface area contributed by atoms with Gasteiger partial charge in [0.05, 0.1) is 12.8 Å². The number of hydrogen-bond acceptors (Lipinski definition) is 5. The van der Waals surface area contributed by atoms with Gasteiger partial charge in [0.15, 0.2) is 6.10 Å². The molecule has 0 radical (unpaired) electrons. The van der Waals surface area contributed by atoms with Crippen LogP contribution in [0.1, 0.15) is 22.8 Å². The second-order valence-corrected chi connectivity index (χ2v) is 8.37. The van der Waals surface area contributed by atoms with Crippen LogP contribution in [0.3, 0.4) is 0 Å². The molecule has 0 aromatic heterocycles. The Morgan fingerprint density at radius 3 is 2.08 bits per heavy atom. The van der Waals surface area contributed by atoms with Crippen molar-refractivity contribution in [2.45, 2.75) is 20.0 Å². The highest BCUT2D eigenvalue weighted by Gasteiger charge is 2.16. The lowest BCUT2D eigenvalue weighted by molar-refractivity contribution is -0.122. The Morgan fingerprint density at radius 2 is 1.41 bits per heavy atom. The number of hydrogen-bond donors (Lipinski definition) is 2. The molecule has 0 spiro atoms. The minimum absolute atomic E-state index is 0.277. The number of methoxy groups -OCH3 is 1. The Kier molecular flexibility index (Phi) is 8.05. The third-order valence-corrected chi connectivity index (χ3v) is 5.50. The van der Waals surface area contributed by atoms with Crippen molar-refractivity contribution in [1.29, 1.82) is 0 Å². The fraction of sp³-hybridized carbons (Fsp3) is 0.133. The topological polar surface area (TPSA) is 85.9 Å². The monoisotopic (exact) mass is 496 g/mol. The minimum Gasteiger partial charge on any atom is -0.495 e. The van der Waals surface area contributed by atoms with E-state index in [0.29, 0.717) is 34.2 Å². The Hall–Kier alpha value is -4.78. The van der Waals surface area contributed by atoms with E-state index in [1.54, 1.807) is 68.6 Å². The molecule has 7 heteroatoms. The molecule has 4 aromatic carbocycles. The number of nitrogens with one attached hydrogen (secondary N) is 2. The van der Waals surface area contributed by atoms with Crippen molar-refractivity contribution in [3.05, 3.63) is 108 Å². The molecule has 1 unspecified atom stereocenters. The Labute approximate surface area is 216 Å². The summed E-state index contributed by atoms with van der Waals surface area (Å²) in [5.41, 5.74) is 2.67. The molecule has 188 valence electrons. The van der Waals surface area contributed by atoms with E-state index in [9.17, 15) is 9.59 Å². The fourth-order valence-electron chi connectivity index (χ4n) is 3.53. The molecule has 7 nitrogen and oxygen atoms in total. The highest BCUT2D eigenvalue weighted by molar-refractivity contribution is 6.05. The van der Waals surface area contributed by atoms with Crippen molar-refractivity contribution in [3.63, 3.8) is 0 Å². The van der Waals surface area contributed by atoms with Gasteiger partial charge in [-0.15, -0.1) is 0 Å². The van der Waals surface area contributed by atoms with Gasteiger partial charge >= 0.3 is 0 Å². The summed E-state index contributed by atoms with van der Waals surface area (Å²) in [7, 11) is 1.55. The smallest absolute Gasteiger partial charge is 0.265 e. The number of para-hydroxylation sites is 1. The predicted molar refractivity (Wildman–Crippen MR) is 144 cm³/mol. The van der Waals surface area contributed by atoms with Gasteiger partial charge in [0.25, 0.3) is 11.8 Å².